The van der Waals surface area contributed by atoms with Gasteiger partial charge in [0.05, 0.1) is 11.3 Å². The molecule has 1 aromatic rings. The van der Waals surface area contributed by atoms with Gasteiger partial charge in [0.15, 0.2) is 5.13 Å². The molecular formula is C11H14N2O2S2. The fourth-order valence-corrected chi connectivity index (χ4v) is 3.50. The van der Waals surface area contributed by atoms with E-state index in [4.69, 9.17) is 5.73 Å². The summed E-state index contributed by atoms with van der Waals surface area (Å²) in [5.41, 5.74) is 6.30. The highest BCUT2D eigenvalue weighted by molar-refractivity contribution is 7.99. The lowest BCUT2D eigenvalue weighted by molar-refractivity contribution is -0.130. The number of aromatic nitrogens is 1. The zero-order valence-corrected chi connectivity index (χ0v) is 10.9. The summed E-state index contributed by atoms with van der Waals surface area (Å²) < 4.78 is 0. The van der Waals surface area contributed by atoms with Crippen molar-refractivity contribution < 1.29 is 9.90 Å². The number of hydrogen-bond donors (Lipinski definition) is 2. The first-order valence-corrected chi connectivity index (χ1v) is 7.44. The molecule has 0 atom stereocenters. The zero-order valence-electron chi connectivity index (χ0n) is 9.26. The van der Waals surface area contributed by atoms with Gasteiger partial charge in [0.25, 0.3) is 0 Å². The molecule has 1 saturated heterocycles. The number of carbonyl (C=O) groups is 1. The van der Waals surface area contributed by atoms with Gasteiger partial charge in [-0.1, -0.05) is 6.08 Å². The van der Waals surface area contributed by atoms with Crippen LogP contribution >= 0.6 is 23.1 Å². The first-order chi connectivity index (χ1) is 8.16. The van der Waals surface area contributed by atoms with Crippen LogP contribution in [0.3, 0.4) is 0 Å². The third kappa shape index (κ3) is 3.23. The van der Waals surface area contributed by atoms with E-state index in [-0.39, 0.29) is 5.57 Å². The number of nitrogens with two attached hydrogens (primary N) is 1. The van der Waals surface area contributed by atoms with Crippen LogP contribution in [0, 0.1) is 5.92 Å². The highest BCUT2D eigenvalue weighted by Gasteiger charge is 2.18. The Balaban J connectivity index is 2.22. The van der Waals surface area contributed by atoms with Gasteiger partial charge in [-0.25, -0.2) is 9.78 Å². The quantitative estimate of drug-likeness (QED) is 0.824. The molecule has 4 nitrogen and oxygen atoms in total. The molecule has 17 heavy (non-hydrogen) atoms. The SMILES string of the molecule is Nc1nc(/C(=C/C2CCSCC2)C(=O)O)cs1. The largest absolute Gasteiger partial charge is 0.478 e. The van der Waals surface area contributed by atoms with Crippen molar-refractivity contribution in [2.24, 2.45) is 5.92 Å². The Hall–Kier alpha value is -1.01. The van der Waals surface area contributed by atoms with E-state index >= 15 is 0 Å². The molecule has 0 spiro atoms. The van der Waals surface area contributed by atoms with Crippen LogP contribution in [0.15, 0.2) is 11.5 Å². The third-order valence-corrected chi connectivity index (χ3v) is 4.42. The summed E-state index contributed by atoms with van der Waals surface area (Å²) in [5, 5.41) is 11.3. The van der Waals surface area contributed by atoms with Gasteiger partial charge in [-0.3, -0.25) is 0 Å². The van der Waals surface area contributed by atoms with Crippen LogP contribution in [0.1, 0.15) is 18.5 Å². The van der Waals surface area contributed by atoms with Crippen molar-refractivity contribution in [2.45, 2.75) is 12.8 Å². The van der Waals surface area contributed by atoms with Crippen molar-refractivity contribution in [1.29, 1.82) is 0 Å². The molecule has 6 heteroatoms. The van der Waals surface area contributed by atoms with Crippen LogP contribution in [-0.4, -0.2) is 27.6 Å². The first-order valence-electron chi connectivity index (χ1n) is 5.41. The number of nitrogen functional groups attached to an aromatic ring is 1. The van der Waals surface area contributed by atoms with Crippen LogP contribution in [-0.2, 0) is 4.79 Å². The van der Waals surface area contributed by atoms with Crippen LogP contribution in [0.5, 0.6) is 0 Å². The summed E-state index contributed by atoms with van der Waals surface area (Å²) >= 11 is 3.19. The first kappa shape index (κ1) is 12.4. The maximum absolute atomic E-state index is 11.2. The molecule has 1 aliphatic heterocycles. The van der Waals surface area contributed by atoms with Gasteiger partial charge in [-0.15, -0.1) is 11.3 Å². The minimum Gasteiger partial charge on any atom is -0.478 e. The van der Waals surface area contributed by atoms with Gasteiger partial charge >= 0.3 is 5.97 Å². The molecule has 0 radical (unpaired) electrons. The van der Waals surface area contributed by atoms with Gasteiger partial charge in [0.1, 0.15) is 0 Å². The van der Waals surface area contributed by atoms with E-state index in [1.54, 1.807) is 5.38 Å². The fraction of sp³-hybridized carbons (Fsp3) is 0.455. The number of nitrogens with zero attached hydrogens (tertiary/aromatic N) is 1. The Morgan fingerprint density at radius 2 is 2.24 bits per heavy atom. The highest BCUT2D eigenvalue weighted by atomic mass is 32.2. The number of rotatable bonds is 3. The van der Waals surface area contributed by atoms with Gasteiger partial charge in [0.2, 0.25) is 0 Å². The van der Waals surface area contributed by atoms with Gasteiger partial charge < -0.3 is 10.8 Å². The summed E-state index contributed by atoms with van der Waals surface area (Å²) in [6.07, 6.45) is 3.93. The lowest BCUT2D eigenvalue weighted by atomic mass is 9.98. The predicted molar refractivity (Wildman–Crippen MR) is 72.2 cm³/mol. The van der Waals surface area contributed by atoms with Crippen molar-refractivity contribution in [1.82, 2.24) is 4.98 Å². The van der Waals surface area contributed by atoms with Crippen LogP contribution in [0.25, 0.3) is 5.57 Å². The van der Waals surface area contributed by atoms with Crippen LogP contribution in [0.2, 0.25) is 0 Å². The summed E-state index contributed by atoms with van der Waals surface area (Å²) in [4.78, 5) is 15.3. The minimum absolute atomic E-state index is 0.287. The number of thiazole rings is 1. The van der Waals surface area contributed by atoms with Gasteiger partial charge in [-0.05, 0) is 30.3 Å². The Bertz CT molecular complexity index is 436. The third-order valence-electron chi connectivity index (χ3n) is 2.70. The summed E-state index contributed by atoms with van der Waals surface area (Å²) in [5.74, 6) is 1.64. The normalized spacial score (nSPS) is 18.2. The van der Waals surface area contributed by atoms with E-state index in [1.807, 2.05) is 17.8 Å². The lowest BCUT2D eigenvalue weighted by Gasteiger charge is -2.18. The Morgan fingerprint density at radius 1 is 1.53 bits per heavy atom. The number of anilines is 1. The molecular weight excluding hydrogens is 256 g/mol. The molecule has 0 aromatic carbocycles. The standard InChI is InChI=1S/C11H14N2O2S2/c12-11-13-9(6-17-11)8(10(14)15)5-7-1-3-16-4-2-7/h5-7H,1-4H2,(H2,12,13)(H,14,15)/b8-5-. The number of carboxylic acids is 1. The molecule has 1 aromatic heterocycles. The van der Waals surface area contributed by atoms with Crippen molar-refractivity contribution in [3.8, 4) is 0 Å². The predicted octanol–water partition coefficient (Wildman–Crippen LogP) is 2.34. The molecule has 0 unspecified atom stereocenters. The second-order valence-electron chi connectivity index (χ2n) is 3.91. The number of thioether (sulfide) groups is 1. The lowest BCUT2D eigenvalue weighted by Crippen LogP contribution is -2.10. The van der Waals surface area contributed by atoms with E-state index < -0.39 is 5.97 Å². The monoisotopic (exact) mass is 270 g/mol. The molecule has 0 saturated carbocycles. The van der Waals surface area contributed by atoms with Gasteiger partial charge in [-0.2, -0.15) is 11.8 Å². The van der Waals surface area contributed by atoms with Crippen LogP contribution in [0.4, 0.5) is 5.13 Å². The summed E-state index contributed by atoms with van der Waals surface area (Å²) in [7, 11) is 0. The number of aliphatic carboxylic acids is 1. The topological polar surface area (TPSA) is 76.2 Å². The summed E-state index contributed by atoms with van der Waals surface area (Å²) in [6.45, 7) is 0. The zero-order chi connectivity index (χ0) is 12.3. The fourth-order valence-electron chi connectivity index (χ4n) is 1.80. The van der Waals surface area contributed by atoms with E-state index in [2.05, 4.69) is 4.98 Å². The molecule has 1 fully saturated rings. The Morgan fingerprint density at radius 3 is 2.76 bits per heavy atom. The van der Waals surface area contributed by atoms with Gasteiger partial charge in [0, 0.05) is 5.38 Å². The Labute approximate surface area is 108 Å². The Kier molecular flexibility index (Phi) is 4.06. The van der Waals surface area contributed by atoms with E-state index in [1.165, 1.54) is 11.3 Å². The smallest absolute Gasteiger partial charge is 0.337 e. The van der Waals surface area contributed by atoms with E-state index in [0.717, 1.165) is 24.3 Å². The molecule has 3 N–H and O–H groups in total. The highest BCUT2D eigenvalue weighted by Crippen LogP contribution is 2.28. The van der Waals surface area contributed by atoms with E-state index in [0.29, 0.717) is 16.7 Å². The van der Waals surface area contributed by atoms with Crippen molar-refractivity contribution in [3.05, 3.63) is 17.2 Å². The molecule has 1 aliphatic rings. The molecule has 0 aliphatic carbocycles. The second-order valence-corrected chi connectivity index (χ2v) is 6.02. The molecule has 2 rings (SSSR count). The number of allylic oxidation sites excluding steroid dienone is 1. The van der Waals surface area contributed by atoms with E-state index in [9.17, 15) is 9.90 Å². The second kappa shape index (κ2) is 5.55. The maximum Gasteiger partial charge on any atom is 0.337 e. The van der Waals surface area contributed by atoms with Crippen molar-refractivity contribution in [2.75, 3.05) is 17.2 Å². The van der Waals surface area contributed by atoms with Crippen molar-refractivity contribution >= 4 is 39.8 Å². The maximum atomic E-state index is 11.2. The molecule has 2 heterocycles. The molecule has 92 valence electrons. The number of carboxylic acid groups (broad SMARTS) is 1. The summed E-state index contributed by atoms with van der Waals surface area (Å²) in [6, 6.07) is 0. The minimum atomic E-state index is -0.923. The van der Waals surface area contributed by atoms with Crippen molar-refractivity contribution in [3.63, 3.8) is 0 Å². The molecule has 0 amide bonds. The van der Waals surface area contributed by atoms with Crippen LogP contribution < -0.4 is 5.73 Å². The number of hydrogen-bond acceptors (Lipinski definition) is 5. The molecule has 0 bridgehead atoms. The average molecular weight is 270 g/mol. The average Bonchev–Trinajstić information content (AvgIpc) is 2.73.